The molecule has 0 saturated carbocycles. The van der Waals surface area contributed by atoms with Crippen LogP contribution in [-0.2, 0) is 30.4 Å². The number of rotatable bonds is 8. The van der Waals surface area contributed by atoms with E-state index in [0.717, 1.165) is 16.5 Å². The molecule has 1 aromatic carbocycles. The number of amides is 2. The first kappa shape index (κ1) is 22.6. The molecule has 2 amide bonds. The Bertz CT molecular complexity index is 1000. The number of ether oxygens (including phenoxy) is 1. The summed E-state index contributed by atoms with van der Waals surface area (Å²) in [6.07, 6.45) is 0.998. The van der Waals surface area contributed by atoms with Crippen LogP contribution in [0, 0.1) is 0 Å². The Kier molecular flexibility index (Phi) is 7.17. The number of nitrogens with zero attached hydrogens (tertiary/aromatic N) is 1. The van der Waals surface area contributed by atoms with Gasteiger partial charge in [-0.25, -0.2) is 4.79 Å². The van der Waals surface area contributed by atoms with Crippen LogP contribution in [0.3, 0.4) is 0 Å². The van der Waals surface area contributed by atoms with Gasteiger partial charge >= 0.3 is 5.97 Å². The van der Waals surface area contributed by atoms with Crippen molar-refractivity contribution in [3.8, 4) is 0 Å². The molecule has 0 unspecified atom stereocenters. The molecule has 0 aliphatic carbocycles. The highest BCUT2D eigenvalue weighted by Gasteiger charge is 2.38. The molecule has 3 rings (SSSR count). The van der Waals surface area contributed by atoms with Crippen molar-refractivity contribution in [1.82, 2.24) is 15.6 Å². The van der Waals surface area contributed by atoms with Gasteiger partial charge in [0.25, 0.3) is 0 Å². The van der Waals surface area contributed by atoms with Crippen LogP contribution in [0.15, 0.2) is 35.6 Å². The molecule has 31 heavy (non-hydrogen) atoms. The Balaban J connectivity index is 1.79. The molecule has 1 aliphatic rings. The summed E-state index contributed by atoms with van der Waals surface area (Å²) in [5.74, 6) is -1.58. The molecule has 166 valence electrons. The standard InChI is InChI=1S/C21H25ClN4O5/c1-11(2)30-21(29)19(17-9-18(22)26-31-17)25-20(28)16(24-12(3)27)8-13-10-23-15-7-5-4-6-14(13)15/h4-7,10-11,16-17,19,23H,8-9H2,1-3H3,(H,24,27)(H,25,28)/t16-,17+,19+/m1/s1. The van der Waals surface area contributed by atoms with Crippen molar-refractivity contribution in [2.75, 3.05) is 0 Å². The average Bonchev–Trinajstić information content (AvgIpc) is 3.31. The van der Waals surface area contributed by atoms with Crippen LogP contribution in [-0.4, -0.2) is 52.2 Å². The van der Waals surface area contributed by atoms with E-state index in [1.54, 1.807) is 20.0 Å². The molecule has 3 atom stereocenters. The van der Waals surface area contributed by atoms with Gasteiger partial charge in [-0.05, 0) is 25.5 Å². The summed E-state index contributed by atoms with van der Waals surface area (Å²) in [4.78, 5) is 45.8. The first-order valence-corrected chi connectivity index (χ1v) is 10.3. The number of oxime groups is 1. The van der Waals surface area contributed by atoms with Crippen molar-refractivity contribution in [3.63, 3.8) is 0 Å². The van der Waals surface area contributed by atoms with Gasteiger partial charge in [-0.15, -0.1) is 0 Å². The topological polar surface area (TPSA) is 122 Å². The van der Waals surface area contributed by atoms with Crippen molar-refractivity contribution in [2.24, 2.45) is 5.16 Å². The van der Waals surface area contributed by atoms with Crippen LogP contribution in [0.5, 0.6) is 0 Å². The number of nitrogens with one attached hydrogen (secondary N) is 3. The SMILES string of the molecule is CC(=O)N[C@H](Cc1c[nH]c2ccccc12)C(=O)N[C@H](C(=O)OC(C)C)[C@@H]1CC(Cl)=NO1. The number of hydrogen-bond acceptors (Lipinski definition) is 6. The molecule has 2 aromatic rings. The van der Waals surface area contributed by atoms with Gasteiger partial charge in [0.2, 0.25) is 11.8 Å². The summed E-state index contributed by atoms with van der Waals surface area (Å²) in [5, 5.41) is 10.1. The van der Waals surface area contributed by atoms with Crippen molar-refractivity contribution in [2.45, 2.75) is 57.9 Å². The number of aromatic amines is 1. The Morgan fingerprint density at radius 1 is 1.29 bits per heavy atom. The van der Waals surface area contributed by atoms with E-state index in [4.69, 9.17) is 21.2 Å². The molecule has 0 spiro atoms. The second kappa shape index (κ2) is 9.82. The Hall–Kier alpha value is -3.07. The van der Waals surface area contributed by atoms with Crippen LogP contribution < -0.4 is 10.6 Å². The van der Waals surface area contributed by atoms with Crippen molar-refractivity contribution < 1.29 is 24.0 Å². The van der Waals surface area contributed by atoms with Crippen molar-refractivity contribution in [1.29, 1.82) is 0 Å². The van der Waals surface area contributed by atoms with Crippen molar-refractivity contribution >= 4 is 45.5 Å². The quantitative estimate of drug-likeness (QED) is 0.533. The van der Waals surface area contributed by atoms with E-state index in [9.17, 15) is 14.4 Å². The normalized spacial score (nSPS) is 17.6. The molecule has 0 radical (unpaired) electrons. The lowest BCUT2D eigenvalue weighted by molar-refractivity contribution is -0.155. The number of fused-ring (bicyclic) bond motifs is 1. The van der Waals surface area contributed by atoms with Gasteiger partial charge in [0.05, 0.1) is 6.10 Å². The molecular weight excluding hydrogens is 424 g/mol. The molecule has 10 heteroatoms. The van der Waals surface area contributed by atoms with E-state index in [0.29, 0.717) is 0 Å². The summed E-state index contributed by atoms with van der Waals surface area (Å²) in [6, 6.07) is 5.61. The molecule has 0 bridgehead atoms. The highest BCUT2D eigenvalue weighted by atomic mass is 35.5. The van der Waals surface area contributed by atoms with Crippen LogP contribution >= 0.6 is 11.6 Å². The van der Waals surface area contributed by atoms with E-state index in [1.165, 1.54) is 6.92 Å². The zero-order valence-electron chi connectivity index (χ0n) is 17.5. The van der Waals surface area contributed by atoms with Crippen LogP contribution in [0.4, 0.5) is 0 Å². The van der Waals surface area contributed by atoms with E-state index < -0.39 is 30.1 Å². The van der Waals surface area contributed by atoms with E-state index in [1.807, 2.05) is 24.3 Å². The Morgan fingerprint density at radius 2 is 2.03 bits per heavy atom. The number of H-pyrrole nitrogens is 1. The number of aromatic nitrogens is 1. The largest absolute Gasteiger partial charge is 0.461 e. The fraction of sp³-hybridized carbons (Fsp3) is 0.429. The van der Waals surface area contributed by atoms with Gasteiger partial charge in [-0.2, -0.15) is 0 Å². The first-order valence-electron chi connectivity index (χ1n) is 9.95. The van der Waals surface area contributed by atoms with Gasteiger partial charge in [-0.1, -0.05) is 35.0 Å². The Morgan fingerprint density at radius 3 is 2.68 bits per heavy atom. The smallest absolute Gasteiger partial charge is 0.332 e. The number of esters is 1. The minimum absolute atomic E-state index is 0.160. The lowest BCUT2D eigenvalue weighted by Crippen LogP contribution is -2.56. The van der Waals surface area contributed by atoms with Crippen molar-refractivity contribution in [3.05, 3.63) is 36.0 Å². The van der Waals surface area contributed by atoms with E-state index in [-0.39, 0.29) is 30.0 Å². The van der Waals surface area contributed by atoms with Gasteiger partial charge in [0, 0.05) is 36.9 Å². The monoisotopic (exact) mass is 448 g/mol. The number of halogens is 1. The maximum absolute atomic E-state index is 13.1. The number of para-hydroxylation sites is 1. The lowest BCUT2D eigenvalue weighted by atomic mass is 10.0. The highest BCUT2D eigenvalue weighted by molar-refractivity contribution is 6.65. The summed E-state index contributed by atoms with van der Waals surface area (Å²) in [6.45, 7) is 4.73. The molecule has 1 aliphatic heterocycles. The van der Waals surface area contributed by atoms with Crippen LogP contribution in [0.2, 0.25) is 0 Å². The zero-order valence-corrected chi connectivity index (χ0v) is 18.2. The van der Waals surface area contributed by atoms with Gasteiger partial charge in [-0.3, -0.25) is 9.59 Å². The van der Waals surface area contributed by atoms with E-state index in [2.05, 4.69) is 20.8 Å². The zero-order chi connectivity index (χ0) is 22.5. The maximum Gasteiger partial charge on any atom is 0.332 e. The van der Waals surface area contributed by atoms with Gasteiger partial charge < -0.3 is 25.2 Å². The summed E-state index contributed by atoms with van der Waals surface area (Å²) < 4.78 is 5.27. The van der Waals surface area contributed by atoms with Crippen LogP contribution in [0.25, 0.3) is 10.9 Å². The predicted octanol–water partition coefficient (Wildman–Crippen LogP) is 1.99. The molecule has 3 N–H and O–H groups in total. The maximum atomic E-state index is 13.1. The second-order valence-electron chi connectivity index (χ2n) is 7.60. The second-order valence-corrected chi connectivity index (χ2v) is 8.04. The minimum Gasteiger partial charge on any atom is -0.461 e. The first-order chi connectivity index (χ1) is 14.7. The average molecular weight is 449 g/mol. The number of carbonyl (C=O) groups is 3. The molecular formula is C21H25ClN4O5. The fourth-order valence-electron chi connectivity index (χ4n) is 3.38. The summed E-state index contributed by atoms with van der Waals surface area (Å²) in [7, 11) is 0. The predicted molar refractivity (Wildman–Crippen MR) is 116 cm³/mol. The fourth-order valence-corrected chi connectivity index (χ4v) is 3.57. The number of benzene rings is 1. The third kappa shape index (κ3) is 5.75. The van der Waals surface area contributed by atoms with Crippen LogP contribution in [0.1, 0.15) is 32.8 Å². The minimum atomic E-state index is -1.13. The molecule has 2 heterocycles. The summed E-state index contributed by atoms with van der Waals surface area (Å²) in [5.41, 5.74) is 1.78. The highest BCUT2D eigenvalue weighted by Crippen LogP contribution is 2.21. The van der Waals surface area contributed by atoms with Gasteiger partial charge in [0.1, 0.15) is 11.2 Å². The molecule has 9 nitrogen and oxygen atoms in total. The molecule has 1 aromatic heterocycles. The third-order valence-corrected chi connectivity index (χ3v) is 4.95. The summed E-state index contributed by atoms with van der Waals surface area (Å²) >= 11 is 5.88. The third-order valence-electron chi connectivity index (χ3n) is 4.73. The number of hydrogen-bond donors (Lipinski definition) is 3. The van der Waals surface area contributed by atoms with E-state index >= 15 is 0 Å². The number of carbonyl (C=O) groups excluding carboxylic acids is 3. The Labute approximate surface area is 184 Å². The lowest BCUT2D eigenvalue weighted by Gasteiger charge is -2.25. The molecule has 0 saturated heterocycles. The molecule has 0 fully saturated rings. The van der Waals surface area contributed by atoms with Gasteiger partial charge in [0.15, 0.2) is 12.1 Å².